The molecule has 0 amide bonds. The van der Waals surface area contributed by atoms with Gasteiger partial charge in [0.25, 0.3) is 0 Å². The predicted molar refractivity (Wildman–Crippen MR) is 0 cm³/mol. The van der Waals surface area contributed by atoms with Gasteiger partial charge in [0.1, 0.15) is 0 Å². The fourth-order valence-electron chi connectivity index (χ4n) is 0. The van der Waals surface area contributed by atoms with Gasteiger partial charge in [0.2, 0.25) is 0 Å². The van der Waals surface area contributed by atoms with Crippen molar-refractivity contribution in [2.45, 2.75) is 0 Å². The summed E-state index contributed by atoms with van der Waals surface area (Å²) in [7, 11) is 0. The Labute approximate surface area is 83.5 Å². The minimum Gasteiger partial charge on any atom is 0 e. The molecule has 0 aliphatic rings. The van der Waals surface area contributed by atoms with E-state index in [1.807, 2.05) is 0 Å². The molecule has 0 saturated heterocycles. The van der Waals surface area contributed by atoms with Crippen LogP contribution in [-0.4, -0.2) is 0 Å². The summed E-state index contributed by atoms with van der Waals surface area (Å²) in [6, 6.07) is 0. The van der Waals surface area contributed by atoms with Crippen LogP contribution in [0.25, 0.3) is 0 Å². The standard InChI is InChI=1S/Cr.Cu.Mn.2Ni. The fraction of sp³-hybridized carbons (Fsp3) is 0. The van der Waals surface area contributed by atoms with E-state index in [2.05, 4.69) is 0 Å². The predicted octanol–water partition coefficient (Wildman–Crippen LogP) is -0.0125. The monoisotopic (exact) mass is 286 g/mol. The van der Waals surface area contributed by atoms with Gasteiger partial charge in [0, 0.05) is 84.5 Å². The van der Waals surface area contributed by atoms with Crippen LogP contribution in [0.15, 0.2) is 0 Å². The Hall–Kier alpha value is 2.56. The van der Waals surface area contributed by atoms with Crippen LogP contribution < -0.4 is 0 Å². The Bertz CT molecular complexity index is 9.61. The van der Waals surface area contributed by atoms with E-state index in [4.69, 9.17) is 0 Å². The molecule has 0 aromatic heterocycles. The van der Waals surface area contributed by atoms with Crippen LogP contribution >= 0.6 is 0 Å². The largest absolute Gasteiger partial charge is 0 e. The summed E-state index contributed by atoms with van der Waals surface area (Å²) >= 11 is 0. The third-order valence-corrected chi connectivity index (χ3v) is 0. The van der Waals surface area contributed by atoms with Crippen molar-refractivity contribution < 1.29 is 84.5 Å². The minimum absolute atomic E-state index is 0. The molecule has 0 rings (SSSR count). The van der Waals surface area contributed by atoms with E-state index in [0.29, 0.717) is 0 Å². The van der Waals surface area contributed by atoms with E-state index >= 15 is 0 Å². The molecule has 0 aliphatic carbocycles. The van der Waals surface area contributed by atoms with Gasteiger partial charge in [-0.05, 0) is 0 Å². The van der Waals surface area contributed by atoms with Gasteiger partial charge in [0.15, 0.2) is 0 Å². The van der Waals surface area contributed by atoms with Crippen LogP contribution in [0.1, 0.15) is 0 Å². The second kappa shape index (κ2) is 31.0. The second-order valence-corrected chi connectivity index (χ2v) is 0. The molecule has 0 saturated carbocycles. The van der Waals surface area contributed by atoms with Crippen molar-refractivity contribution in [3.05, 3.63) is 0 Å². The maximum Gasteiger partial charge on any atom is 0 e. The zero-order valence-corrected chi connectivity index (χ0v) is 7.09. The molecule has 0 atom stereocenters. The zero-order valence-electron chi connectivity index (χ0n) is 1.72. The average Bonchev–Trinajstić information content (AvgIpc) is 0. The first-order chi connectivity index (χ1) is 0. The van der Waals surface area contributed by atoms with E-state index in [1.54, 1.807) is 0 Å². The minimum atomic E-state index is 0. The van der Waals surface area contributed by atoms with Crippen molar-refractivity contribution in [2.75, 3.05) is 0 Å². The van der Waals surface area contributed by atoms with E-state index in [1.165, 1.54) is 0 Å². The topological polar surface area (TPSA) is 0 Å². The van der Waals surface area contributed by atoms with Crippen LogP contribution in [0.4, 0.5) is 0 Å². The molecule has 0 aliphatic heterocycles. The number of hydrogen-bond donors (Lipinski definition) is 0. The molecule has 5 heteroatoms. The molecule has 0 fully saturated rings. The summed E-state index contributed by atoms with van der Waals surface area (Å²) in [4.78, 5) is 0. The van der Waals surface area contributed by atoms with Crippen LogP contribution in [0.3, 0.4) is 0 Å². The molecule has 0 bridgehead atoms. The molecule has 5 heavy (non-hydrogen) atoms. The quantitative estimate of drug-likeness (QED) is 0.550. The summed E-state index contributed by atoms with van der Waals surface area (Å²) in [6.45, 7) is 0. The van der Waals surface area contributed by atoms with Crippen molar-refractivity contribution in [3.8, 4) is 0 Å². The summed E-state index contributed by atoms with van der Waals surface area (Å²) in [5.41, 5.74) is 0. The van der Waals surface area contributed by atoms with Gasteiger partial charge < -0.3 is 0 Å². The molecule has 2 radical (unpaired) electrons. The summed E-state index contributed by atoms with van der Waals surface area (Å²) in [5.74, 6) is 0. The van der Waals surface area contributed by atoms with Crippen molar-refractivity contribution in [1.29, 1.82) is 0 Å². The number of rotatable bonds is 0. The molecule has 0 aromatic rings. The third-order valence-electron chi connectivity index (χ3n) is 0. The molecule has 0 N–H and O–H groups in total. The van der Waals surface area contributed by atoms with Gasteiger partial charge in [-0.2, -0.15) is 0 Å². The fourth-order valence-corrected chi connectivity index (χ4v) is 0. The third kappa shape index (κ3) is 20.8. The first-order valence-electron chi connectivity index (χ1n) is 0. The maximum absolute atomic E-state index is 0. The second-order valence-electron chi connectivity index (χ2n) is 0. The van der Waals surface area contributed by atoms with E-state index < -0.39 is 0 Å². The van der Waals surface area contributed by atoms with Gasteiger partial charge in [-0.15, -0.1) is 0 Å². The Morgan fingerprint density at radius 2 is 0.800 bits per heavy atom. The molecular formula is CrCuMnNi2. The van der Waals surface area contributed by atoms with E-state index in [0.717, 1.165) is 0 Å². The molecule has 0 heterocycles. The van der Waals surface area contributed by atoms with Gasteiger partial charge in [-0.1, -0.05) is 0 Å². The summed E-state index contributed by atoms with van der Waals surface area (Å²) < 4.78 is 0. The first-order valence-corrected chi connectivity index (χ1v) is 0. The average molecular weight is 288 g/mol. The van der Waals surface area contributed by atoms with Crippen molar-refractivity contribution >= 4 is 0 Å². The Morgan fingerprint density at radius 3 is 0.800 bits per heavy atom. The summed E-state index contributed by atoms with van der Waals surface area (Å²) in [6.07, 6.45) is 0. The molecule has 0 spiro atoms. The van der Waals surface area contributed by atoms with Crippen molar-refractivity contribution in [2.24, 2.45) is 0 Å². The number of hydrogen-bond acceptors (Lipinski definition) is 0. The Kier molecular flexibility index (Phi) is 308. The molecule has 0 aromatic carbocycles. The van der Waals surface area contributed by atoms with E-state index in [9.17, 15) is 0 Å². The van der Waals surface area contributed by atoms with Crippen LogP contribution in [-0.2, 0) is 84.5 Å². The normalized spacial score (nSPS) is 0. The smallest absolute Gasteiger partial charge is 0 e. The summed E-state index contributed by atoms with van der Waals surface area (Å²) in [5, 5.41) is 0. The van der Waals surface area contributed by atoms with Crippen molar-refractivity contribution in [1.82, 2.24) is 0 Å². The van der Waals surface area contributed by atoms with Crippen LogP contribution in [0, 0.1) is 0 Å². The zero-order chi connectivity index (χ0) is 0. The van der Waals surface area contributed by atoms with Gasteiger partial charge >= 0.3 is 0 Å². The first kappa shape index (κ1) is 49.7. The Balaban J connectivity index is 0. The van der Waals surface area contributed by atoms with Gasteiger partial charge in [0.05, 0.1) is 0 Å². The molecule has 0 unspecified atom stereocenters. The SMILES string of the molecule is [Cr].[Cu].[Mn].[Ni].[Ni]. The van der Waals surface area contributed by atoms with Gasteiger partial charge in [-0.3, -0.25) is 0 Å². The van der Waals surface area contributed by atoms with Crippen molar-refractivity contribution in [3.63, 3.8) is 0 Å². The van der Waals surface area contributed by atoms with Crippen LogP contribution in [0.2, 0.25) is 0 Å². The molecule has 44 valence electrons. The van der Waals surface area contributed by atoms with Crippen LogP contribution in [0.5, 0.6) is 0 Å². The molecule has 0 nitrogen and oxygen atoms in total. The Morgan fingerprint density at radius 1 is 0.800 bits per heavy atom. The van der Waals surface area contributed by atoms with E-state index in [-0.39, 0.29) is 84.5 Å². The molecular weight excluding hydrogens is 288 g/mol. The maximum atomic E-state index is 0. The van der Waals surface area contributed by atoms with Gasteiger partial charge in [-0.25, -0.2) is 0 Å².